The molecular weight excluding hydrogens is 245 g/mol. The van der Waals surface area contributed by atoms with Crippen LogP contribution in [0.5, 0.6) is 0 Å². The van der Waals surface area contributed by atoms with Crippen LogP contribution in [0.2, 0.25) is 0 Å². The van der Waals surface area contributed by atoms with E-state index >= 15 is 0 Å². The normalized spacial score (nSPS) is 12.6. The van der Waals surface area contributed by atoms with E-state index in [1.165, 1.54) is 0 Å². The Morgan fingerprint density at radius 1 is 1.25 bits per heavy atom. The minimum absolute atomic E-state index is 0.105. The fraction of sp³-hybridized carbons (Fsp3) is 0.273. The lowest BCUT2D eigenvalue weighted by Gasteiger charge is -2.08. The molecule has 0 aliphatic carbocycles. The van der Waals surface area contributed by atoms with E-state index in [9.17, 15) is 0 Å². The number of hydrogen-bond acceptors (Lipinski definition) is 2. The molecule has 1 heterocycles. The summed E-state index contributed by atoms with van der Waals surface area (Å²) in [6.45, 7) is 0.593. The Labute approximate surface area is 104 Å². The lowest BCUT2D eigenvalue weighted by atomic mass is 10.1. The average Bonchev–Trinajstić information content (AvgIpc) is 2.78. The van der Waals surface area contributed by atoms with Crippen LogP contribution in [0.1, 0.15) is 16.8 Å². The van der Waals surface area contributed by atoms with Crippen LogP contribution in [0.3, 0.4) is 0 Å². The van der Waals surface area contributed by atoms with Gasteiger partial charge in [-0.05, 0) is 5.56 Å². The van der Waals surface area contributed by atoms with Crippen molar-refractivity contribution in [3.63, 3.8) is 0 Å². The van der Waals surface area contributed by atoms with Gasteiger partial charge in [-0.1, -0.05) is 30.3 Å². The summed E-state index contributed by atoms with van der Waals surface area (Å²) in [7, 11) is 0. The minimum atomic E-state index is -0.105. The maximum Gasteiger partial charge on any atom is 0.165 e. The summed E-state index contributed by atoms with van der Waals surface area (Å²) in [5, 5.41) is 4.08. The van der Waals surface area contributed by atoms with Crippen molar-refractivity contribution in [2.75, 3.05) is 0 Å². The highest BCUT2D eigenvalue weighted by Crippen LogP contribution is 2.21. The van der Waals surface area contributed by atoms with E-state index in [0.29, 0.717) is 18.2 Å². The summed E-state index contributed by atoms with van der Waals surface area (Å²) in [5.74, 6) is 0.948. The molecule has 2 rings (SSSR count). The third-order valence-corrected chi connectivity index (χ3v) is 2.84. The van der Waals surface area contributed by atoms with Crippen molar-refractivity contribution >= 4 is 23.2 Å². The van der Waals surface area contributed by atoms with E-state index in [0.717, 1.165) is 5.56 Å². The van der Waals surface area contributed by atoms with E-state index in [1.807, 2.05) is 30.3 Å². The van der Waals surface area contributed by atoms with Crippen molar-refractivity contribution in [2.45, 2.75) is 17.8 Å². The van der Waals surface area contributed by atoms with Gasteiger partial charge in [-0.3, -0.25) is 4.68 Å². The zero-order valence-electron chi connectivity index (χ0n) is 8.55. The Bertz CT molecular complexity index is 442. The van der Waals surface area contributed by atoms with Gasteiger partial charge in [-0.15, -0.1) is 23.2 Å². The van der Waals surface area contributed by atoms with Crippen molar-refractivity contribution in [3.8, 4) is 0 Å². The molecule has 16 heavy (non-hydrogen) atoms. The maximum atomic E-state index is 6.27. The van der Waals surface area contributed by atoms with E-state index < -0.39 is 0 Å². The molecular formula is C11H11Cl2N3. The number of hydrogen-bond donors (Lipinski definition) is 0. The third kappa shape index (κ3) is 2.74. The first-order valence-corrected chi connectivity index (χ1v) is 5.90. The van der Waals surface area contributed by atoms with Crippen LogP contribution >= 0.6 is 23.2 Å². The number of alkyl halides is 2. The van der Waals surface area contributed by atoms with Crippen molar-refractivity contribution in [1.82, 2.24) is 14.8 Å². The highest BCUT2D eigenvalue weighted by Gasteiger charge is 2.09. The Hall–Kier alpha value is -1.06. The summed E-state index contributed by atoms with van der Waals surface area (Å²) < 4.78 is 1.71. The highest BCUT2D eigenvalue weighted by molar-refractivity contribution is 6.20. The second-order valence-corrected chi connectivity index (χ2v) is 4.19. The molecule has 5 heteroatoms. The molecule has 84 valence electrons. The van der Waals surface area contributed by atoms with Crippen LogP contribution in [0.25, 0.3) is 0 Å². The molecule has 0 aliphatic rings. The standard InChI is InChI=1S/C11H11Cl2N3/c12-6-11-14-8-16(15-11)7-10(13)9-4-2-1-3-5-9/h1-5,8,10H,6-7H2. The van der Waals surface area contributed by atoms with Crippen LogP contribution in [-0.4, -0.2) is 14.8 Å². The van der Waals surface area contributed by atoms with Gasteiger partial charge in [0.1, 0.15) is 6.33 Å². The monoisotopic (exact) mass is 255 g/mol. The maximum absolute atomic E-state index is 6.27. The molecule has 0 radical (unpaired) electrons. The van der Waals surface area contributed by atoms with Crippen LogP contribution < -0.4 is 0 Å². The first-order valence-electron chi connectivity index (χ1n) is 4.93. The largest absolute Gasteiger partial charge is 0.251 e. The van der Waals surface area contributed by atoms with Gasteiger partial charge < -0.3 is 0 Å². The topological polar surface area (TPSA) is 30.7 Å². The predicted octanol–water partition coefficient (Wildman–Crippen LogP) is 3.00. The van der Waals surface area contributed by atoms with E-state index in [2.05, 4.69) is 10.1 Å². The number of nitrogens with zero attached hydrogens (tertiary/aromatic N) is 3. The van der Waals surface area contributed by atoms with Crippen LogP contribution in [0.4, 0.5) is 0 Å². The van der Waals surface area contributed by atoms with Gasteiger partial charge in [-0.2, -0.15) is 5.10 Å². The van der Waals surface area contributed by atoms with Crippen molar-refractivity contribution in [1.29, 1.82) is 0 Å². The van der Waals surface area contributed by atoms with Gasteiger partial charge in [0.25, 0.3) is 0 Å². The number of halogens is 2. The third-order valence-electron chi connectivity index (χ3n) is 2.21. The second kappa shape index (κ2) is 5.32. The molecule has 3 nitrogen and oxygen atoms in total. The number of benzene rings is 1. The molecule has 2 aromatic rings. The highest BCUT2D eigenvalue weighted by atomic mass is 35.5. The zero-order chi connectivity index (χ0) is 11.4. The first kappa shape index (κ1) is 11.4. The van der Waals surface area contributed by atoms with Gasteiger partial charge in [-0.25, -0.2) is 4.98 Å². The summed E-state index contributed by atoms with van der Waals surface area (Å²) >= 11 is 11.9. The molecule has 0 fully saturated rings. The zero-order valence-corrected chi connectivity index (χ0v) is 10.1. The van der Waals surface area contributed by atoms with E-state index in [4.69, 9.17) is 23.2 Å². The molecule has 1 atom stereocenters. The van der Waals surface area contributed by atoms with Crippen LogP contribution in [0, 0.1) is 0 Å². The fourth-order valence-corrected chi connectivity index (χ4v) is 1.82. The van der Waals surface area contributed by atoms with Gasteiger partial charge in [0.05, 0.1) is 17.8 Å². The molecule has 0 bridgehead atoms. The van der Waals surface area contributed by atoms with Crippen molar-refractivity contribution in [2.24, 2.45) is 0 Å². The lowest BCUT2D eigenvalue weighted by Crippen LogP contribution is -2.05. The summed E-state index contributed by atoms with van der Waals surface area (Å²) in [6.07, 6.45) is 1.65. The fourth-order valence-electron chi connectivity index (χ4n) is 1.41. The molecule has 1 aromatic carbocycles. The van der Waals surface area contributed by atoms with Crippen molar-refractivity contribution in [3.05, 3.63) is 48.0 Å². The average molecular weight is 256 g/mol. The molecule has 0 spiro atoms. The summed E-state index contributed by atoms with van der Waals surface area (Å²) in [6, 6.07) is 9.90. The van der Waals surface area contributed by atoms with Crippen LogP contribution in [-0.2, 0) is 12.4 Å². The lowest BCUT2D eigenvalue weighted by molar-refractivity contribution is 0.595. The Morgan fingerprint density at radius 2 is 2.00 bits per heavy atom. The minimum Gasteiger partial charge on any atom is -0.251 e. The molecule has 0 aliphatic heterocycles. The summed E-state index contributed by atoms with van der Waals surface area (Å²) in [4.78, 5) is 4.04. The first-order chi connectivity index (χ1) is 7.79. The second-order valence-electron chi connectivity index (χ2n) is 3.39. The molecule has 0 N–H and O–H groups in total. The Kier molecular flexibility index (Phi) is 3.80. The van der Waals surface area contributed by atoms with Gasteiger partial charge in [0, 0.05) is 0 Å². The van der Waals surface area contributed by atoms with Crippen molar-refractivity contribution < 1.29 is 0 Å². The molecule has 0 saturated carbocycles. The predicted molar refractivity (Wildman–Crippen MR) is 64.6 cm³/mol. The Morgan fingerprint density at radius 3 is 2.62 bits per heavy atom. The smallest absolute Gasteiger partial charge is 0.165 e. The quantitative estimate of drug-likeness (QED) is 0.787. The molecule has 1 unspecified atom stereocenters. The SMILES string of the molecule is ClCc1ncn(CC(Cl)c2ccccc2)n1. The number of rotatable bonds is 4. The molecule has 1 aromatic heterocycles. The van der Waals surface area contributed by atoms with E-state index in [1.54, 1.807) is 11.0 Å². The Balaban J connectivity index is 2.05. The van der Waals surface area contributed by atoms with Gasteiger partial charge in [0.2, 0.25) is 0 Å². The van der Waals surface area contributed by atoms with Gasteiger partial charge in [0.15, 0.2) is 5.82 Å². The van der Waals surface area contributed by atoms with Gasteiger partial charge >= 0.3 is 0 Å². The molecule has 0 amide bonds. The summed E-state index contributed by atoms with van der Waals surface area (Å²) in [5.41, 5.74) is 1.08. The number of aromatic nitrogens is 3. The molecule has 0 saturated heterocycles. The van der Waals surface area contributed by atoms with Crippen LogP contribution in [0.15, 0.2) is 36.7 Å². The van der Waals surface area contributed by atoms with E-state index in [-0.39, 0.29) is 5.38 Å².